The van der Waals surface area contributed by atoms with Crippen LogP contribution in [0.25, 0.3) is 22.3 Å². The summed E-state index contributed by atoms with van der Waals surface area (Å²) in [5.41, 5.74) is 3.47. The molecule has 7 nitrogen and oxygen atoms in total. The molecule has 4 aromatic rings. The topological polar surface area (TPSA) is 85.6 Å². The highest BCUT2D eigenvalue weighted by Gasteiger charge is 2.07. The van der Waals surface area contributed by atoms with Crippen LogP contribution >= 0.6 is 0 Å². The van der Waals surface area contributed by atoms with Crippen molar-refractivity contribution in [2.45, 2.75) is 13.0 Å². The van der Waals surface area contributed by atoms with Crippen molar-refractivity contribution < 1.29 is 4.79 Å². The zero-order valence-electron chi connectivity index (χ0n) is 14.6. The minimum absolute atomic E-state index is 0.0829. The number of hydrogen-bond acceptors (Lipinski definition) is 5. The molecule has 27 heavy (non-hydrogen) atoms. The van der Waals surface area contributed by atoms with Crippen LogP contribution < -0.4 is 5.32 Å². The summed E-state index contributed by atoms with van der Waals surface area (Å²) >= 11 is 0. The van der Waals surface area contributed by atoms with Gasteiger partial charge in [-0.25, -0.2) is 9.97 Å². The van der Waals surface area contributed by atoms with Crippen LogP contribution in [0.15, 0.2) is 66.9 Å². The Morgan fingerprint density at radius 2 is 1.63 bits per heavy atom. The Morgan fingerprint density at radius 1 is 0.926 bits per heavy atom. The van der Waals surface area contributed by atoms with Crippen molar-refractivity contribution in [2.24, 2.45) is 0 Å². The maximum atomic E-state index is 12.1. The fraction of sp³-hybridized carbons (Fsp3) is 0.150. The van der Waals surface area contributed by atoms with Crippen LogP contribution in [0.5, 0.6) is 0 Å². The van der Waals surface area contributed by atoms with E-state index in [9.17, 15) is 4.79 Å². The van der Waals surface area contributed by atoms with Crippen molar-refractivity contribution >= 4 is 16.9 Å². The zero-order valence-corrected chi connectivity index (χ0v) is 14.6. The van der Waals surface area contributed by atoms with Crippen molar-refractivity contribution in [3.05, 3.63) is 72.7 Å². The lowest BCUT2D eigenvalue weighted by molar-refractivity contribution is -0.122. The van der Waals surface area contributed by atoms with Gasteiger partial charge in [0.15, 0.2) is 0 Å². The number of carbonyl (C=O) groups is 1. The molecule has 0 saturated heterocycles. The summed E-state index contributed by atoms with van der Waals surface area (Å²) in [6, 6.07) is 19.3. The first-order chi connectivity index (χ1) is 13.3. The van der Waals surface area contributed by atoms with Gasteiger partial charge >= 0.3 is 0 Å². The minimum atomic E-state index is -0.144. The average Bonchev–Trinajstić information content (AvgIpc) is 3.11. The summed E-state index contributed by atoms with van der Waals surface area (Å²) in [5, 5.41) is 11.4. The van der Waals surface area contributed by atoms with Crippen LogP contribution in [-0.4, -0.2) is 37.4 Å². The smallest absolute Gasteiger partial charge is 0.243 e. The van der Waals surface area contributed by atoms with E-state index in [1.807, 2.05) is 60.7 Å². The predicted molar refractivity (Wildman–Crippen MR) is 102 cm³/mol. The van der Waals surface area contributed by atoms with Crippen LogP contribution in [0.2, 0.25) is 0 Å². The second-order valence-corrected chi connectivity index (χ2v) is 6.04. The molecule has 0 aliphatic rings. The molecule has 0 atom stereocenters. The standard InChI is InChI=1S/C20H18N6O/c27-20(14-26-24-17-8-4-5-9-18(17)25-26)22-13-11-19-21-12-10-16(23-19)15-6-2-1-3-7-15/h1-10,12H,11,13-14H2,(H,22,27). The lowest BCUT2D eigenvalue weighted by Crippen LogP contribution is -2.30. The molecule has 2 heterocycles. The number of benzene rings is 2. The van der Waals surface area contributed by atoms with Gasteiger partial charge in [-0.1, -0.05) is 42.5 Å². The van der Waals surface area contributed by atoms with E-state index in [2.05, 4.69) is 25.5 Å². The van der Waals surface area contributed by atoms with Gasteiger partial charge in [0.1, 0.15) is 23.4 Å². The van der Waals surface area contributed by atoms with E-state index in [-0.39, 0.29) is 12.5 Å². The van der Waals surface area contributed by atoms with Crippen LogP contribution in [-0.2, 0) is 17.8 Å². The quantitative estimate of drug-likeness (QED) is 0.571. The maximum Gasteiger partial charge on any atom is 0.243 e. The Bertz CT molecular complexity index is 1030. The third-order valence-electron chi connectivity index (χ3n) is 4.06. The van der Waals surface area contributed by atoms with E-state index in [0.29, 0.717) is 18.8 Å². The van der Waals surface area contributed by atoms with Crippen molar-refractivity contribution in [1.29, 1.82) is 0 Å². The minimum Gasteiger partial charge on any atom is -0.354 e. The third kappa shape index (κ3) is 4.14. The monoisotopic (exact) mass is 358 g/mol. The molecule has 0 radical (unpaired) electrons. The average molecular weight is 358 g/mol. The van der Waals surface area contributed by atoms with Crippen molar-refractivity contribution in [3.8, 4) is 11.3 Å². The normalized spacial score (nSPS) is 10.8. The molecule has 0 aliphatic heterocycles. The van der Waals surface area contributed by atoms with Gasteiger partial charge in [-0.15, -0.1) is 0 Å². The summed E-state index contributed by atoms with van der Waals surface area (Å²) < 4.78 is 0. The lowest BCUT2D eigenvalue weighted by Gasteiger charge is -2.06. The molecule has 1 amide bonds. The summed E-state index contributed by atoms with van der Waals surface area (Å²) in [6.07, 6.45) is 2.30. The van der Waals surface area contributed by atoms with Gasteiger partial charge in [-0.05, 0) is 18.2 Å². The maximum absolute atomic E-state index is 12.1. The fourth-order valence-electron chi connectivity index (χ4n) is 2.76. The number of rotatable bonds is 6. The first-order valence-electron chi connectivity index (χ1n) is 8.72. The molecule has 0 spiro atoms. The fourth-order valence-corrected chi connectivity index (χ4v) is 2.76. The Kier molecular flexibility index (Phi) is 4.82. The van der Waals surface area contributed by atoms with Gasteiger partial charge in [0, 0.05) is 24.7 Å². The van der Waals surface area contributed by atoms with E-state index in [1.165, 1.54) is 4.80 Å². The lowest BCUT2D eigenvalue weighted by atomic mass is 10.1. The van der Waals surface area contributed by atoms with E-state index >= 15 is 0 Å². The van der Waals surface area contributed by atoms with E-state index in [0.717, 1.165) is 22.3 Å². The molecule has 134 valence electrons. The summed E-state index contributed by atoms with van der Waals surface area (Å²) in [4.78, 5) is 22.4. The highest BCUT2D eigenvalue weighted by molar-refractivity contribution is 5.77. The molecule has 2 aromatic carbocycles. The van der Waals surface area contributed by atoms with Crippen LogP contribution in [0.4, 0.5) is 0 Å². The molecule has 4 rings (SSSR count). The Hall–Kier alpha value is -3.61. The van der Waals surface area contributed by atoms with Gasteiger partial charge in [0.05, 0.1) is 5.69 Å². The number of carbonyl (C=O) groups excluding carboxylic acids is 1. The number of nitrogens with zero attached hydrogens (tertiary/aromatic N) is 5. The molecular formula is C20H18N6O. The first kappa shape index (κ1) is 16.8. The van der Waals surface area contributed by atoms with E-state index in [4.69, 9.17) is 0 Å². The van der Waals surface area contributed by atoms with Crippen molar-refractivity contribution in [3.63, 3.8) is 0 Å². The molecule has 0 fully saturated rings. The molecule has 0 saturated carbocycles. The van der Waals surface area contributed by atoms with Gasteiger partial charge in [-0.3, -0.25) is 4.79 Å². The second kappa shape index (κ2) is 7.74. The molecule has 1 N–H and O–H groups in total. The number of nitrogens with one attached hydrogen (secondary N) is 1. The summed E-state index contributed by atoms with van der Waals surface area (Å²) in [5.74, 6) is 0.550. The largest absolute Gasteiger partial charge is 0.354 e. The highest BCUT2D eigenvalue weighted by atomic mass is 16.2. The predicted octanol–water partition coefficient (Wildman–Crippen LogP) is 2.25. The van der Waals surface area contributed by atoms with Crippen molar-refractivity contribution in [1.82, 2.24) is 30.3 Å². The SMILES string of the molecule is O=C(Cn1nc2ccccc2n1)NCCc1nccc(-c2ccccc2)n1. The number of fused-ring (bicyclic) bond motifs is 1. The van der Waals surface area contributed by atoms with Gasteiger partial charge in [0.25, 0.3) is 0 Å². The molecule has 0 unspecified atom stereocenters. The van der Waals surface area contributed by atoms with Crippen LogP contribution in [0.3, 0.4) is 0 Å². The summed E-state index contributed by atoms with van der Waals surface area (Å²) in [6.45, 7) is 0.539. The summed E-state index contributed by atoms with van der Waals surface area (Å²) in [7, 11) is 0. The van der Waals surface area contributed by atoms with Gasteiger partial charge in [0.2, 0.25) is 5.91 Å². The number of aromatic nitrogens is 5. The van der Waals surface area contributed by atoms with Gasteiger partial charge < -0.3 is 5.32 Å². The molecule has 7 heteroatoms. The molecule has 2 aromatic heterocycles. The molecule has 0 bridgehead atoms. The zero-order chi connectivity index (χ0) is 18.5. The molecular weight excluding hydrogens is 340 g/mol. The van der Waals surface area contributed by atoms with E-state index < -0.39 is 0 Å². The van der Waals surface area contributed by atoms with E-state index in [1.54, 1.807) is 6.20 Å². The Balaban J connectivity index is 1.32. The Labute approximate surface area is 156 Å². The second-order valence-electron chi connectivity index (χ2n) is 6.04. The third-order valence-corrected chi connectivity index (χ3v) is 4.06. The van der Waals surface area contributed by atoms with Crippen LogP contribution in [0.1, 0.15) is 5.82 Å². The number of amides is 1. The Morgan fingerprint density at radius 3 is 2.37 bits per heavy atom. The highest BCUT2D eigenvalue weighted by Crippen LogP contribution is 2.15. The van der Waals surface area contributed by atoms with Gasteiger partial charge in [-0.2, -0.15) is 15.0 Å². The van der Waals surface area contributed by atoms with Crippen LogP contribution in [0, 0.1) is 0 Å². The van der Waals surface area contributed by atoms with Crippen molar-refractivity contribution in [2.75, 3.05) is 6.54 Å². The first-order valence-corrected chi connectivity index (χ1v) is 8.72. The molecule has 0 aliphatic carbocycles. The number of hydrogen-bond donors (Lipinski definition) is 1.